The Labute approximate surface area is 229 Å². The molecule has 0 aliphatic carbocycles. The Morgan fingerprint density at radius 2 is 1.69 bits per heavy atom. The van der Waals surface area contributed by atoms with E-state index in [-0.39, 0.29) is 5.91 Å². The van der Waals surface area contributed by atoms with Crippen LogP contribution < -0.4 is 5.43 Å². The van der Waals surface area contributed by atoms with Crippen LogP contribution in [0.15, 0.2) is 81.2 Å². The fourth-order valence-corrected chi connectivity index (χ4v) is 5.51. The SMILES string of the molecule is Cc1ccc(C)c(-n2c(C)c(Br)c(/C=N\NC(=O)c3ccc(CSc4ccc(Cl)cc4)cc3)c2C)c1. The molecule has 1 amide bonds. The fraction of sp³-hybridized carbons (Fsp3) is 0.172. The van der Waals surface area contributed by atoms with Crippen LogP contribution in [0.25, 0.3) is 5.69 Å². The van der Waals surface area contributed by atoms with Gasteiger partial charge in [0.1, 0.15) is 0 Å². The van der Waals surface area contributed by atoms with Crippen LogP contribution in [0, 0.1) is 27.7 Å². The van der Waals surface area contributed by atoms with Crippen molar-refractivity contribution < 1.29 is 4.79 Å². The molecular weight excluding hydrogens is 554 g/mol. The van der Waals surface area contributed by atoms with Crippen LogP contribution in [0.2, 0.25) is 5.02 Å². The van der Waals surface area contributed by atoms with Crippen LogP contribution in [0.1, 0.15) is 44.0 Å². The van der Waals surface area contributed by atoms with Gasteiger partial charge in [0, 0.05) is 48.3 Å². The van der Waals surface area contributed by atoms with E-state index in [2.05, 4.69) is 76.9 Å². The van der Waals surface area contributed by atoms with E-state index in [1.165, 1.54) is 11.1 Å². The topological polar surface area (TPSA) is 46.4 Å². The molecule has 1 N–H and O–H groups in total. The highest BCUT2D eigenvalue weighted by Crippen LogP contribution is 2.31. The molecule has 4 aromatic rings. The van der Waals surface area contributed by atoms with E-state index in [1.54, 1.807) is 18.0 Å². The molecule has 0 saturated carbocycles. The van der Waals surface area contributed by atoms with E-state index >= 15 is 0 Å². The Kier molecular flexibility index (Phi) is 8.39. The van der Waals surface area contributed by atoms with Crippen molar-refractivity contribution >= 4 is 51.4 Å². The number of hydrogen-bond donors (Lipinski definition) is 1. The van der Waals surface area contributed by atoms with Gasteiger partial charge < -0.3 is 4.57 Å². The summed E-state index contributed by atoms with van der Waals surface area (Å²) in [4.78, 5) is 13.8. The minimum atomic E-state index is -0.248. The molecule has 0 radical (unpaired) electrons. The first-order valence-electron chi connectivity index (χ1n) is 11.5. The van der Waals surface area contributed by atoms with Crippen molar-refractivity contribution in [2.45, 2.75) is 38.3 Å². The first kappa shape index (κ1) is 26.3. The molecule has 36 heavy (non-hydrogen) atoms. The summed E-state index contributed by atoms with van der Waals surface area (Å²) in [5, 5.41) is 4.98. The third-order valence-electron chi connectivity index (χ3n) is 6.02. The van der Waals surface area contributed by atoms with Crippen molar-refractivity contribution in [3.8, 4) is 5.69 Å². The van der Waals surface area contributed by atoms with Gasteiger partial charge in [-0.3, -0.25) is 4.79 Å². The number of rotatable bonds is 7. The van der Waals surface area contributed by atoms with Gasteiger partial charge in [0.2, 0.25) is 0 Å². The molecule has 0 atom stereocenters. The first-order chi connectivity index (χ1) is 17.2. The quantitative estimate of drug-likeness (QED) is 0.136. The van der Waals surface area contributed by atoms with E-state index in [4.69, 9.17) is 11.6 Å². The zero-order valence-electron chi connectivity index (χ0n) is 20.6. The van der Waals surface area contributed by atoms with Gasteiger partial charge in [0.05, 0.1) is 6.21 Å². The second kappa shape index (κ2) is 11.5. The molecule has 0 bridgehead atoms. The number of aromatic nitrogens is 1. The summed E-state index contributed by atoms with van der Waals surface area (Å²) >= 11 is 11.4. The molecule has 0 aliphatic heterocycles. The maximum Gasteiger partial charge on any atom is 0.271 e. The zero-order valence-corrected chi connectivity index (χ0v) is 23.8. The Balaban J connectivity index is 1.42. The highest BCUT2D eigenvalue weighted by Gasteiger charge is 2.17. The highest BCUT2D eigenvalue weighted by molar-refractivity contribution is 9.10. The Bertz CT molecular complexity index is 1430. The Morgan fingerprint density at radius 1 is 1.00 bits per heavy atom. The minimum Gasteiger partial charge on any atom is -0.316 e. The molecule has 3 aromatic carbocycles. The highest BCUT2D eigenvalue weighted by atomic mass is 79.9. The normalized spacial score (nSPS) is 11.3. The number of carbonyl (C=O) groups is 1. The number of halogens is 2. The van der Waals surface area contributed by atoms with Gasteiger partial charge >= 0.3 is 0 Å². The predicted octanol–water partition coefficient (Wildman–Crippen LogP) is 8.18. The Morgan fingerprint density at radius 3 is 2.39 bits per heavy atom. The van der Waals surface area contributed by atoms with E-state index < -0.39 is 0 Å². The lowest BCUT2D eigenvalue weighted by molar-refractivity contribution is 0.0955. The van der Waals surface area contributed by atoms with Gasteiger partial charge in [-0.1, -0.05) is 35.9 Å². The van der Waals surface area contributed by atoms with Crippen molar-refractivity contribution in [2.24, 2.45) is 5.10 Å². The number of thioether (sulfide) groups is 1. The lowest BCUT2D eigenvalue weighted by Crippen LogP contribution is -2.17. The third-order valence-corrected chi connectivity index (χ3v) is 8.35. The summed E-state index contributed by atoms with van der Waals surface area (Å²) in [5.74, 6) is 0.564. The molecule has 0 aliphatic rings. The van der Waals surface area contributed by atoms with Crippen LogP contribution in [0.3, 0.4) is 0 Å². The lowest BCUT2D eigenvalue weighted by Gasteiger charge is -2.13. The number of nitrogens with one attached hydrogen (secondary N) is 1. The molecule has 7 heteroatoms. The summed E-state index contributed by atoms with van der Waals surface area (Å²) in [5.41, 5.74) is 11.0. The number of carbonyl (C=O) groups excluding carboxylic acids is 1. The van der Waals surface area contributed by atoms with Gasteiger partial charge in [-0.05, 0) is 103 Å². The molecule has 0 saturated heterocycles. The van der Waals surface area contributed by atoms with Gasteiger partial charge in [-0.15, -0.1) is 11.8 Å². The summed E-state index contributed by atoms with van der Waals surface area (Å²) in [6.45, 7) is 8.33. The average Bonchev–Trinajstić information content (AvgIpc) is 3.08. The summed E-state index contributed by atoms with van der Waals surface area (Å²) < 4.78 is 3.18. The van der Waals surface area contributed by atoms with Crippen molar-refractivity contribution in [3.63, 3.8) is 0 Å². The maximum atomic E-state index is 12.6. The second-order valence-corrected chi connectivity index (χ2v) is 10.9. The predicted molar refractivity (Wildman–Crippen MR) is 155 cm³/mol. The van der Waals surface area contributed by atoms with Crippen molar-refractivity contribution in [2.75, 3.05) is 0 Å². The van der Waals surface area contributed by atoms with Crippen LogP contribution in [-0.2, 0) is 5.75 Å². The van der Waals surface area contributed by atoms with Gasteiger partial charge in [-0.2, -0.15) is 5.10 Å². The molecule has 4 rings (SSSR count). The van der Waals surface area contributed by atoms with Crippen molar-refractivity contribution in [1.82, 2.24) is 9.99 Å². The molecule has 1 aromatic heterocycles. The smallest absolute Gasteiger partial charge is 0.271 e. The van der Waals surface area contributed by atoms with Gasteiger partial charge in [-0.25, -0.2) is 5.43 Å². The van der Waals surface area contributed by atoms with Crippen molar-refractivity contribution in [1.29, 1.82) is 0 Å². The second-order valence-electron chi connectivity index (χ2n) is 8.66. The molecule has 0 spiro atoms. The Hall–Kier alpha value is -2.80. The first-order valence-corrected chi connectivity index (χ1v) is 13.7. The van der Waals surface area contributed by atoms with E-state index in [0.717, 1.165) is 48.3 Å². The summed E-state index contributed by atoms with van der Waals surface area (Å²) in [6, 6.07) is 21.8. The number of aryl methyl sites for hydroxylation is 2. The fourth-order valence-electron chi connectivity index (χ4n) is 3.97. The summed E-state index contributed by atoms with van der Waals surface area (Å²) in [6.07, 6.45) is 1.70. The maximum absolute atomic E-state index is 12.6. The van der Waals surface area contributed by atoms with E-state index in [1.807, 2.05) is 48.5 Å². The third kappa shape index (κ3) is 5.94. The number of benzene rings is 3. The standard InChI is InChI=1S/C29H27BrClN3OS/c1-18-5-6-19(2)27(15-18)34-20(3)26(28(30)21(34)4)16-32-33-29(35)23-9-7-22(8-10-23)17-36-25-13-11-24(31)12-14-25/h5-16H,17H2,1-4H3,(H,33,35)/b32-16-. The minimum absolute atomic E-state index is 0.248. The molecule has 184 valence electrons. The average molecular weight is 581 g/mol. The molecular formula is C29H27BrClN3OS. The molecule has 4 nitrogen and oxygen atoms in total. The van der Waals surface area contributed by atoms with Gasteiger partial charge in [0.15, 0.2) is 0 Å². The summed E-state index contributed by atoms with van der Waals surface area (Å²) in [7, 11) is 0. The molecule has 1 heterocycles. The van der Waals surface area contributed by atoms with Crippen molar-refractivity contribution in [3.05, 3.63) is 115 Å². The molecule has 0 unspecified atom stereocenters. The number of nitrogens with zero attached hydrogens (tertiary/aromatic N) is 2. The molecule has 0 fully saturated rings. The number of hydrogen-bond acceptors (Lipinski definition) is 3. The van der Waals surface area contributed by atoms with E-state index in [0.29, 0.717) is 5.56 Å². The van der Waals surface area contributed by atoms with E-state index in [9.17, 15) is 4.79 Å². The number of hydrazone groups is 1. The van der Waals surface area contributed by atoms with Crippen LogP contribution in [0.5, 0.6) is 0 Å². The number of amides is 1. The van der Waals surface area contributed by atoms with Gasteiger partial charge in [0.25, 0.3) is 5.91 Å². The largest absolute Gasteiger partial charge is 0.316 e. The van der Waals surface area contributed by atoms with Crippen LogP contribution >= 0.6 is 39.3 Å². The van der Waals surface area contributed by atoms with Crippen LogP contribution in [0.4, 0.5) is 0 Å². The lowest BCUT2D eigenvalue weighted by atomic mass is 10.1. The monoisotopic (exact) mass is 579 g/mol. The van der Waals surface area contributed by atoms with Crippen LogP contribution in [-0.4, -0.2) is 16.7 Å². The zero-order chi connectivity index (χ0) is 25.8.